The topological polar surface area (TPSA) is 92.8 Å². The number of hydrogen-bond acceptors (Lipinski definition) is 5. The molecule has 2 rings (SSSR count). The van der Waals surface area contributed by atoms with Gasteiger partial charge in [0.1, 0.15) is 5.75 Å². The summed E-state index contributed by atoms with van der Waals surface area (Å²) in [7, 11) is 0. The molecule has 0 saturated carbocycles. The summed E-state index contributed by atoms with van der Waals surface area (Å²) >= 11 is 5.71. The highest BCUT2D eigenvalue weighted by Gasteiger charge is 2.17. The van der Waals surface area contributed by atoms with Crippen LogP contribution >= 0.6 is 11.6 Å². The summed E-state index contributed by atoms with van der Waals surface area (Å²) < 4.78 is 28.7. The van der Waals surface area contributed by atoms with E-state index in [4.69, 9.17) is 11.6 Å². The third-order valence-corrected chi connectivity index (χ3v) is 2.21. The van der Waals surface area contributed by atoms with Crippen molar-refractivity contribution in [2.24, 2.45) is 0 Å². The van der Waals surface area contributed by atoms with Crippen LogP contribution in [0.4, 0.5) is 14.7 Å². The first-order chi connectivity index (χ1) is 9.06. The van der Waals surface area contributed by atoms with Crippen molar-refractivity contribution in [3.05, 3.63) is 28.8 Å². The summed E-state index contributed by atoms with van der Waals surface area (Å²) in [4.78, 5) is 11.9. The average molecular weight is 290 g/mol. The Morgan fingerprint density at radius 1 is 1.47 bits per heavy atom. The number of anilines is 1. The summed E-state index contributed by atoms with van der Waals surface area (Å²) in [5, 5.41) is 14.8. The van der Waals surface area contributed by atoms with Gasteiger partial charge in [-0.05, 0) is 23.4 Å². The van der Waals surface area contributed by atoms with Crippen LogP contribution in [0.25, 0.3) is 0 Å². The standard InChI is InChI=1S/C9H6ClF2N5O2/c10-4-1-2-6(19-8(11)12)5(3-4)7(18)13-9-14-16-17-15-9/h1-3,8H,(H2,13,14,15,16,17,18). The zero-order valence-corrected chi connectivity index (χ0v) is 9.86. The first-order valence-electron chi connectivity index (χ1n) is 4.85. The number of alkyl halides is 2. The van der Waals surface area contributed by atoms with Crippen molar-refractivity contribution in [3.63, 3.8) is 0 Å². The van der Waals surface area contributed by atoms with Crippen molar-refractivity contribution in [2.45, 2.75) is 6.61 Å². The summed E-state index contributed by atoms with van der Waals surface area (Å²) in [6, 6.07) is 3.68. The lowest BCUT2D eigenvalue weighted by molar-refractivity contribution is -0.0501. The SMILES string of the molecule is O=C(Nc1nn[nH]n1)c1cc(Cl)ccc1OC(F)F. The Balaban J connectivity index is 2.26. The zero-order valence-electron chi connectivity index (χ0n) is 9.10. The van der Waals surface area contributed by atoms with Crippen LogP contribution in [0.3, 0.4) is 0 Å². The second-order valence-corrected chi connectivity index (χ2v) is 3.64. The van der Waals surface area contributed by atoms with E-state index in [1.54, 1.807) is 0 Å². The molecule has 0 bridgehead atoms. The Morgan fingerprint density at radius 2 is 2.26 bits per heavy atom. The molecule has 0 atom stereocenters. The molecule has 0 saturated heterocycles. The van der Waals surface area contributed by atoms with Crippen LogP contribution in [0.2, 0.25) is 5.02 Å². The maximum atomic E-state index is 12.2. The number of nitrogens with zero attached hydrogens (tertiary/aromatic N) is 3. The van der Waals surface area contributed by atoms with Crippen molar-refractivity contribution >= 4 is 23.5 Å². The van der Waals surface area contributed by atoms with E-state index in [0.29, 0.717) is 0 Å². The predicted molar refractivity (Wildman–Crippen MR) is 60.2 cm³/mol. The summed E-state index contributed by atoms with van der Waals surface area (Å²) in [5.41, 5.74) is -0.169. The average Bonchev–Trinajstić information content (AvgIpc) is 2.83. The molecule has 0 aliphatic rings. The van der Waals surface area contributed by atoms with E-state index in [9.17, 15) is 13.6 Å². The van der Waals surface area contributed by atoms with E-state index in [1.807, 2.05) is 0 Å². The lowest BCUT2D eigenvalue weighted by Crippen LogP contribution is -2.16. The number of benzene rings is 1. The Labute approximate surface area is 109 Å². The predicted octanol–water partition coefficient (Wildman–Crippen LogP) is 1.71. The Morgan fingerprint density at radius 3 is 2.89 bits per heavy atom. The maximum absolute atomic E-state index is 12.2. The van der Waals surface area contributed by atoms with Gasteiger partial charge in [-0.25, -0.2) is 0 Å². The molecule has 1 heterocycles. The van der Waals surface area contributed by atoms with Crippen molar-refractivity contribution in [2.75, 3.05) is 5.32 Å². The summed E-state index contributed by atoms with van der Waals surface area (Å²) in [6.07, 6.45) is 0. The Bertz CT molecular complexity index is 578. The number of tetrazole rings is 1. The minimum absolute atomic E-state index is 0.104. The van der Waals surface area contributed by atoms with Gasteiger partial charge in [-0.15, -0.1) is 5.10 Å². The fraction of sp³-hybridized carbons (Fsp3) is 0.111. The second-order valence-electron chi connectivity index (χ2n) is 3.21. The van der Waals surface area contributed by atoms with Crippen LogP contribution in [0.1, 0.15) is 10.4 Å². The molecule has 2 N–H and O–H groups in total. The number of nitrogens with one attached hydrogen (secondary N) is 2. The number of rotatable bonds is 4. The third kappa shape index (κ3) is 3.35. The number of hydrogen-bond donors (Lipinski definition) is 2. The van der Waals surface area contributed by atoms with E-state index in [1.165, 1.54) is 18.2 Å². The van der Waals surface area contributed by atoms with Gasteiger partial charge in [-0.2, -0.15) is 14.0 Å². The van der Waals surface area contributed by atoms with Gasteiger partial charge in [0.05, 0.1) is 5.56 Å². The van der Waals surface area contributed by atoms with Gasteiger partial charge in [0, 0.05) is 5.02 Å². The van der Waals surface area contributed by atoms with Crippen molar-refractivity contribution in [1.82, 2.24) is 20.6 Å². The first-order valence-corrected chi connectivity index (χ1v) is 5.23. The van der Waals surface area contributed by atoms with Crippen LogP contribution < -0.4 is 10.1 Å². The number of amides is 1. The number of ether oxygens (including phenoxy) is 1. The van der Waals surface area contributed by atoms with Gasteiger partial charge in [0.2, 0.25) is 0 Å². The summed E-state index contributed by atoms with van der Waals surface area (Å²) in [6.45, 7) is -3.06. The van der Waals surface area contributed by atoms with Crippen molar-refractivity contribution in [3.8, 4) is 5.75 Å². The molecule has 0 fully saturated rings. The molecule has 7 nitrogen and oxygen atoms in total. The van der Waals surface area contributed by atoms with Crippen LogP contribution in [0.5, 0.6) is 5.75 Å². The molecule has 100 valence electrons. The minimum Gasteiger partial charge on any atom is -0.434 e. The monoisotopic (exact) mass is 289 g/mol. The van der Waals surface area contributed by atoms with E-state index in [-0.39, 0.29) is 22.3 Å². The molecule has 10 heteroatoms. The fourth-order valence-electron chi connectivity index (χ4n) is 1.26. The lowest BCUT2D eigenvalue weighted by atomic mass is 10.2. The van der Waals surface area contributed by atoms with E-state index < -0.39 is 12.5 Å². The number of carbonyl (C=O) groups is 1. The smallest absolute Gasteiger partial charge is 0.387 e. The number of halogens is 3. The molecule has 0 aliphatic heterocycles. The largest absolute Gasteiger partial charge is 0.434 e. The highest BCUT2D eigenvalue weighted by Crippen LogP contribution is 2.25. The van der Waals surface area contributed by atoms with Gasteiger partial charge >= 0.3 is 6.61 Å². The summed E-state index contributed by atoms with van der Waals surface area (Å²) in [5.74, 6) is -1.16. The normalized spacial score (nSPS) is 10.5. The minimum atomic E-state index is -3.06. The molecule has 0 radical (unpaired) electrons. The van der Waals surface area contributed by atoms with Crippen molar-refractivity contribution < 1.29 is 18.3 Å². The molecule has 0 spiro atoms. The third-order valence-electron chi connectivity index (χ3n) is 1.97. The molecule has 0 aliphatic carbocycles. The molecule has 2 aromatic rings. The van der Waals surface area contributed by atoms with Crippen molar-refractivity contribution in [1.29, 1.82) is 0 Å². The van der Waals surface area contributed by atoms with Gasteiger partial charge < -0.3 is 4.74 Å². The van der Waals surface area contributed by atoms with E-state index in [2.05, 4.69) is 30.7 Å². The van der Waals surface area contributed by atoms with Crippen LogP contribution in [0.15, 0.2) is 18.2 Å². The van der Waals surface area contributed by atoms with Gasteiger partial charge in [-0.1, -0.05) is 16.7 Å². The second kappa shape index (κ2) is 5.57. The maximum Gasteiger partial charge on any atom is 0.387 e. The van der Waals surface area contributed by atoms with Crippen LogP contribution in [-0.4, -0.2) is 33.1 Å². The van der Waals surface area contributed by atoms with Gasteiger partial charge in [-0.3, -0.25) is 10.1 Å². The molecule has 1 aromatic heterocycles. The number of H-pyrrole nitrogens is 1. The lowest BCUT2D eigenvalue weighted by Gasteiger charge is -2.10. The molecule has 1 aromatic carbocycles. The highest BCUT2D eigenvalue weighted by molar-refractivity contribution is 6.31. The number of aromatic amines is 1. The molecular formula is C9H6ClF2N5O2. The quantitative estimate of drug-likeness (QED) is 0.894. The Hall–Kier alpha value is -2.29. The number of aromatic nitrogens is 4. The zero-order chi connectivity index (χ0) is 13.8. The molecule has 0 unspecified atom stereocenters. The molecule has 19 heavy (non-hydrogen) atoms. The van der Waals surface area contributed by atoms with Gasteiger partial charge in [0.15, 0.2) is 0 Å². The Kier molecular flexibility index (Phi) is 3.85. The van der Waals surface area contributed by atoms with Crippen LogP contribution in [-0.2, 0) is 0 Å². The van der Waals surface area contributed by atoms with E-state index in [0.717, 1.165) is 0 Å². The van der Waals surface area contributed by atoms with E-state index >= 15 is 0 Å². The molecular weight excluding hydrogens is 284 g/mol. The van der Waals surface area contributed by atoms with Crippen LogP contribution in [0, 0.1) is 0 Å². The highest BCUT2D eigenvalue weighted by atomic mass is 35.5. The van der Waals surface area contributed by atoms with Gasteiger partial charge in [0.25, 0.3) is 11.9 Å². The number of carbonyl (C=O) groups excluding carboxylic acids is 1. The fourth-order valence-corrected chi connectivity index (χ4v) is 1.43. The first kappa shape index (κ1) is 13.1. The molecule has 1 amide bonds.